The van der Waals surface area contributed by atoms with Gasteiger partial charge in [0.25, 0.3) is 0 Å². The van der Waals surface area contributed by atoms with Crippen LogP contribution in [-0.4, -0.2) is 26.2 Å². The van der Waals surface area contributed by atoms with E-state index in [0.717, 1.165) is 25.9 Å². The molecule has 0 bridgehead atoms. The Labute approximate surface area is 87.2 Å². The highest BCUT2D eigenvalue weighted by molar-refractivity contribution is 5.68. The van der Waals surface area contributed by atoms with Gasteiger partial charge in [0.05, 0.1) is 7.11 Å². The van der Waals surface area contributed by atoms with Crippen molar-refractivity contribution in [2.24, 2.45) is 5.41 Å². The summed E-state index contributed by atoms with van der Waals surface area (Å²) in [7, 11) is 1.43. The first-order chi connectivity index (χ1) is 6.45. The predicted molar refractivity (Wildman–Crippen MR) is 58.2 cm³/mol. The van der Waals surface area contributed by atoms with Gasteiger partial charge in [0.2, 0.25) is 0 Å². The number of esters is 1. The van der Waals surface area contributed by atoms with E-state index in [1.807, 2.05) is 0 Å². The van der Waals surface area contributed by atoms with E-state index in [9.17, 15) is 4.79 Å². The van der Waals surface area contributed by atoms with Crippen LogP contribution < -0.4 is 5.32 Å². The van der Waals surface area contributed by atoms with Crippen molar-refractivity contribution in [3.05, 3.63) is 0 Å². The van der Waals surface area contributed by atoms with Gasteiger partial charge in [0, 0.05) is 6.42 Å². The van der Waals surface area contributed by atoms with E-state index in [1.54, 1.807) is 0 Å². The molecule has 0 fully saturated rings. The lowest BCUT2D eigenvalue weighted by atomic mass is 9.92. The van der Waals surface area contributed by atoms with Crippen LogP contribution in [0.1, 0.15) is 40.0 Å². The number of carbonyl (C=O) groups is 1. The molecule has 3 heteroatoms. The van der Waals surface area contributed by atoms with Crippen LogP contribution in [0.5, 0.6) is 0 Å². The van der Waals surface area contributed by atoms with Crippen molar-refractivity contribution >= 4 is 5.97 Å². The van der Waals surface area contributed by atoms with Crippen molar-refractivity contribution in [3.8, 4) is 0 Å². The monoisotopic (exact) mass is 201 g/mol. The molecule has 3 nitrogen and oxygen atoms in total. The second-order valence-electron chi connectivity index (χ2n) is 4.74. The van der Waals surface area contributed by atoms with Gasteiger partial charge in [-0.3, -0.25) is 4.79 Å². The fourth-order valence-corrected chi connectivity index (χ4v) is 1.05. The van der Waals surface area contributed by atoms with Gasteiger partial charge in [-0.1, -0.05) is 20.8 Å². The number of methoxy groups -OCH3 is 1. The predicted octanol–water partition coefficient (Wildman–Crippen LogP) is 1.97. The molecule has 0 rings (SSSR count). The maximum Gasteiger partial charge on any atom is 0.305 e. The largest absolute Gasteiger partial charge is 0.469 e. The second kappa shape index (κ2) is 6.82. The third-order valence-corrected chi connectivity index (χ3v) is 2.01. The Hall–Kier alpha value is -0.570. The van der Waals surface area contributed by atoms with Crippen LogP contribution in [0.3, 0.4) is 0 Å². The molecule has 14 heavy (non-hydrogen) atoms. The van der Waals surface area contributed by atoms with Crippen LogP contribution in [0.4, 0.5) is 0 Å². The summed E-state index contributed by atoms with van der Waals surface area (Å²) in [5.41, 5.74) is 0.384. The van der Waals surface area contributed by atoms with Crippen LogP contribution in [0.25, 0.3) is 0 Å². The molecule has 1 N–H and O–H groups in total. The third kappa shape index (κ3) is 9.52. The van der Waals surface area contributed by atoms with E-state index in [1.165, 1.54) is 7.11 Å². The Balaban J connectivity index is 3.18. The summed E-state index contributed by atoms with van der Waals surface area (Å²) in [4.78, 5) is 10.8. The Morgan fingerprint density at radius 3 is 2.43 bits per heavy atom. The summed E-state index contributed by atoms with van der Waals surface area (Å²) in [6, 6.07) is 0. The first kappa shape index (κ1) is 13.4. The van der Waals surface area contributed by atoms with Crippen LogP contribution >= 0.6 is 0 Å². The number of hydrogen-bond acceptors (Lipinski definition) is 3. The Morgan fingerprint density at radius 2 is 1.93 bits per heavy atom. The topological polar surface area (TPSA) is 38.3 Å². The zero-order valence-electron chi connectivity index (χ0n) is 9.85. The van der Waals surface area contributed by atoms with Crippen molar-refractivity contribution in [2.75, 3.05) is 20.2 Å². The van der Waals surface area contributed by atoms with Gasteiger partial charge in [-0.05, 0) is 31.3 Å². The van der Waals surface area contributed by atoms with Gasteiger partial charge < -0.3 is 10.1 Å². The van der Waals surface area contributed by atoms with Crippen molar-refractivity contribution in [1.29, 1.82) is 0 Å². The molecule has 84 valence electrons. The molecule has 0 aliphatic carbocycles. The summed E-state index contributed by atoms with van der Waals surface area (Å²) in [6.07, 6.45) is 2.53. The average Bonchev–Trinajstić information content (AvgIpc) is 2.08. The lowest BCUT2D eigenvalue weighted by Crippen LogP contribution is -2.22. The molecule has 0 aliphatic heterocycles. The van der Waals surface area contributed by atoms with E-state index < -0.39 is 0 Å². The van der Waals surface area contributed by atoms with Gasteiger partial charge in [0.1, 0.15) is 0 Å². The summed E-state index contributed by atoms with van der Waals surface area (Å²) in [5, 5.41) is 3.31. The fraction of sp³-hybridized carbons (Fsp3) is 0.909. The van der Waals surface area contributed by atoms with Crippen molar-refractivity contribution in [1.82, 2.24) is 5.32 Å². The van der Waals surface area contributed by atoms with Crippen LogP contribution in [0.15, 0.2) is 0 Å². The molecule has 0 amide bonds. The van der Waals surface area contributed by atoms with Crippen LogP contribution in [0.2, 0.25) is 0 Å². The minimum Gasteiger partial charge on any atom is -0.469 e. The van der Waals surface area contributed by atoms with Crippen molar-refractivity contribution in [3.63, 3.8) is 0 Å². The third-order valence-electron chi connectivity index (χ3n) is 2.01. The lowest BCUT2D eigenvalue weighted by Gasteiger charge is -2.17. The maximum atomic E-state index is 10.8. The summed E-state index contributed by atoms with van der Waals surface area (Å²) in [6.45, 7) is 8.59. The van der Waals surface area contributed by atoms with E-state index in [-0.39, 0.29) is 5.97 Å². The lowest BCUT2D eigenvalue weighted by molar-refractivity contribution is -0.140. The summed E-state index contributed by atoms with van der Waals surface area (Å²) < 4.78 is 4.54. The standard InChI is InChI=1S/C11H23NO2/c1-11(2,3)7-9-12-8-5-6-10(13)14-4/h12H,5-9H2,1-4H3. The SMILES string of the molecule is COC(=O)CCCNCCC(C)(C)C. The van der Waals surface area contributed by atoms with Crippen molar-refractivity contribution < 1.29 is 9.53 Å². The van der Waals surface area contributed by atoms with Crippen molar-refractivity contribution in [2.45, 2.75) is 40.0 Å². The zero-order chi connectivity index (χ0) is 11.0. The first-order valence-electron chi connectivity index (χ1n) is 5.23. The minimum atomic E-state index is -0.123. The van der Waals surface area contributed by atoms with Gasteiger partial charge in [0.15, 0.2) is 0 Å². The van der Waals surface area contributed by atoms with E-state index in [4.69, 9.17) is 0 Å². The fourth-order valence-electron chi connectivity index (χ4n) is 1.05. The van der Waals surface area contributed by atoms with Crippen LogP contribution in [0, 0.1) is 5.41 Å². The van der Waals surface area contributed by atoms with E-state index >= 15 is 0 Å². The Kier molecular flexibility index (Phi) is 6.54. The highest BCUT2D eigenvalue weighted by atomic mass is 16.5. The Morgan fingerprint density at radius 1 is 1.29 bits per heavy atom. The van der Waals surface area contributed by atoms with Gasteiger partial charge in [-0.25, -0.2) is 0 Å². The molecule has 0 aliphatic rings. The van der Waals surface area contributed by atoms with Gasteiger partial charge in [-0.2, -0.15) is 0 Å². The Bertz CT molecular complexity index is 161. The summed E-state index contributed by atoms with van der Waals surface area (Å²) in [5.74, 6) is -0.123. The highest BCUT2D eigenvalue weighted by Gasteiger charge is 2.08. The van der Waals surface area contributed by atoms with Gasteiger partial charge in [-0.15, -0.1) is 0 Å². The molecule has 0 aromatic rings. The highest BCUT2D eigenvalue weighted by Crippen LogP contribution is 2.16. The number of ether oxygens (including phenoxy) is 1. The average molecular weight is 201 g/mol. The molecule has 0 heterocycles. The second-order valence-corrected chi connectivity index (χ2v) is 4.74. The number of nitrogens with one attached hydrogen (secondary N) is 1. The smallest absolute Gasteiger partial charge is 0.305 e. The molecule has 0 aromatic carbocycles. The normalized spacial score (nSPS) is 11.4. The quantitative estimate of drug-likeness (QED) is 0.527. The molecule has 0 saturated carbocycles. The summed E-state index contributed by atoms with van der Waals surface area (Å²) >= 11 is 0. The minimum absolute atomic E-state index is 0.123. The molecular formula is C11H23NO2. The van der Waals surface area contributed by atoms with Crippen LogP contribution in [-0.2, 0) is 9.53 Å². The molecule has 0 unspecified atom stereocenters. The first-order valence-corrected chi connectivity index (χ1v) is 5.23. The molecule has 0 radical (unpaired) electrons. The molecular weight excluding hydrogens is 178 g/mol. The number of carbonyl (C=O) groups excluding carboxylic acids is 1. The number of hydrogen-bond donors (Lipinski definition) is 1. The van der Waals surface area contributed by atoms with E-state index in [0.29, 0.717) is 11.8 Å². The van der Waals surface area contributed by atoms with E-state index in [2.05, 4.69) is 30.8 Å². The maximum absolute atomic E-state index is 10.8. The number of rotatable bonds is 6. The molecule has 0 aromatic heterocycles. The zero-order valence-corrected chi connectivity index (χ0v) is 9.85. The molecule has 0 atom stereocenters. The molecule has 0 spiro atoms. The van der Waals surface area contributed by atoms with Gasteiger partial charge >= 0.3 is 5.97 Å². The molecule has 0 saturated heterocycles.